The van der Waals surface area contributed by atoms with Crippen molar-refractivity contribution >= 4 is 35.1 Å². The number of H-pyrrole nitrogens is 1. The molecule has 0 saturated carbocycles. The van der Waals surface area contributed by atoms with Crippen molar-refractivity contribution in [3.05, 3.63) is 53.2 Å². The molecule has 0 radical (unpaired) electrons. The summed E-state index contributed by atoms with van der Waals surface area (Å²) >= 11 is 1.51. The topological polar surface area (TPSA) is 81.6 Å². The highest BCUT2D eigenvalue weighted by Crippen LogP contribution is 2.39. The summed E-state index contributed by atoms with van der Waals surface area (Å²) in [4.78, 5) is 20.5. The first-order chi connectivity index (χ1) is 11.8. The molecule has 2 N–H and O–H groups in total. The lowest BCUT2D eigenvalue weighted by molar-refractivity contribution is 0.107. The first kappa shape index (κ1) is 14.7. The third-order valence-corrected chi connectivity index (χ3v) is 4.96. The number of nitrogens with one attached hydrogen (secondary N) is 2. The van der Waals surface area contributed by atoms with Crippen molar-refractivity contribution in [2.75, 3.05) is 5.32 Å². The number of fused-ring (bicyclic) bond motifs is 1. The second-order valence-corrected chi connectivity index (χ2v) is 6.54. The van der Waals surface area contributed by atoms with Gasteiger partial charge in [0, 0.05) is 28.9 Å². The van der Waals surface area contributed by atoms with Crippen LogP contribution >= 0.6 is 11.3 Å². The summed E-state index contributed by atoms with van der Waals surface area (Å²) in [7, 11) is 0. The molecule has 3 aromatic rings. The number of aromatic nitrogens is 2. The van der Waals surface area contributed by atoms with Gasteiger partial charge in [-0.2, -0.15) is 0 Å². The number of aromatic amines is 1. The van der Waals surface area contributed by atoms with Gasteiger partial charge in [0.25, 0.3) is 0 Å². The number of rotatable bonds is 3. The zero-order valence-corrected chi connectivity index (χ0v) is 13.6. The summed E-state index contributed by atoms with van der Waals surface area (Å²) in [5.74, 6) is 2.13. The molecule has 0 saturated heterocycles. The number of nitriles is 1. The fraction of sp³-hybridized carbons (Fsp3) is 0.118. The molecular weight excluding hydrogens is 319 g/mol. The van der Waals surface area contributed by atoms with E-state index >= 15 is 0 Å². The maximum Gasteiger partial charge on any atom is 0.351 e. The SMILES string of the molecule is N#CB1CCc2[nH]c(-c3nccs3)c(Nc3ccccc3)c2C1=O. The van der Waals surface area contributed by atoms with Crippen LogP contribution in [0.15, 0.2) is 41.9 Å². The number of hydrogen-bond donors (Lipinski definition) is 2. The Kier molecular flexibility index (Phi) is 3.67. The van der Waals surface area contributed by atoms with E-state index in [-0.39, 0.29) is 5.68 Å². The van der Waals surface area contributed by atoms with Gasteiger partial charge in [-0.25, -0.2) is 10.2 Å². The van der Waals surface area contributed by atoms with Crippen LogP contribution in [0, 0.1) is 11.2 Å². The van der Waals surface area contributed by atoms with Crippen LogP contribution in [0.1, 0.15) is 16.1 Å². The number of carbonyl (C=O) groups excluding carboxylic acids is 1. The van der Waals surface area contributed by atoms with Gasteiger partial charge in [-0.05, 0) is 24.9 Å². The Hall–Kier alpha value is -2.85. The molecule has 0 fully saturated rings. The van der Waals surface area contributed by atoms with Crippen LogP contribution in [0.5, 0.6) is 0 Å². The first-order valence-corrected chi connectivity index (χ1v) is 8.56. The van der Waals surface area contributed by atoms with E-state index in [1.807, 2.05) is 35.7 Å². The molecule has 0 bridgehead atoms. The second kappa shape index (κ2) is 5.98. The fourth-order valence-corrected chi connectivity index (χ4v) is 3.67. The van der Waals surface area contributed by atoms with E-state index in [9.17, 15) is 10.1 Å². The predicted molar refractivity (Wildman–Crippen MR) is 95.8 cm³/mol. The number of aryl methyl sites for hydroxylation is 1. The quantitative estimate of drug-likeness (QED) is 0.716. The minimum absolute atomic E-state index is 0.115. The molecule has 0 spiro atoms. The van der Waals surface area contributed by atoms with Crippen LogP contribution in [0.2, 0.25) is 6.32 Å². The van der Waals surface area contributed by atoms with Crippen molar-refractivity contribution in [1.82, 2.24) is 9.97 Å². The van der Waals surface area contributed by atoms with Crippen molar-refractivity contribution in [2.24, 2.45) is 0 Å². The van der Waals surface area contributed by atoms with Gasteiger partial charge in [0.1, 0.15) is 10.7 Å². The highest BCUT2D eigenvalue weighted by molar-refractivity contribution is 7.13. The molecule has 1 aliphatic rings. The Morgan fingerprint density at radius 1 is 1.33 bits per heavy atom. The molecule has 5 nitrogen and oxygen atoms in total. The third kappa shape index (κ3) is 2.41. The molecule has 3 heterocycles. The van der Waals surface area contributed by atoms with Crippen molar-refractivity contribution in [3.63, 3.8) is 0 Å². The van der Waals surface area contributed by atoms with E-state index in [4.69, 9.17) is 0 Å². The molecule has 24 heavy (non-hydrogen) atoms. The van der Waals surface area contributed by atoms with E-state index in [1.165, 1.54) is 11.3 Å². The molecule has 4 rings (SSSR count). The lowest BCUT2D eigenvalue weighted by Gasteiger charge is -2.15. The van der Waals surface area contributed by atoms with Crippen LogP contribution in [0.25, 0.3) is 10.7 Å². The summed E-state index contributed by atoms with van der Waals surface area (Å²) in [6, 6.07) is 9.70. The maximum atomic E-state index is 12.7. The number of thiazole rings is 1. The van der Waals surface area contributed by atoms with Gasteiger partial charge in [-0.3, -0.25) is 0 Å². The lowest BCUT2D eigenvalue weighted by Crippen LogP contribution is -2.30. The van der Waals surface area contributed by atoms with Crippen molar-refractivity contribution < 1.29 is 4.79 Å². The van der Waals surface area contributed by atoms with Crippen LogP contribution < -0.4 is 5.32 Å². The van der Waals surface area contributed by atoms with Crippen LogP contribution in [-0.4, -0.2) is 22.4 Å². The number of carbonyl (C=O) groups is 1. The molecule has 0 unspecified atom stereocenters. The van der Waals surface area contributed by atoms with Gasteiger partial charge in [0.05, 0.1) is 16.9 Å². The van der Waals surface area contributed by atoms with E-state index in [1.54, 1.807) is 6.20 Å². The van der Waals surface area contributed by atoms with Crippen LogP contribution in [-0.2, 0) is 6.42 Å². The van der Waals surface area contributed by atoms with Gasteiger partial charge in [-0.1, -0.05) is 18.2 Å². The number of benzene rings is 1. The summed E-state index contributed by atoms with van der Waals surface area (Å²) in [5.41, 5.74) is 3.79. The monoisotopic (exact) mass is 332 g/mol. The Labute approximate surface area is 143 Å². The predicted octanol–water partition coefficient (Wildman–Crippen LogP) is 3.72. The molecule has 1 aliphatic heterocycles. The lowest BCUT2D eigenvalue weighted by atomic mass is 9.41. The molecule has 7 heteroatoms. The van der Waals surface area contributed by atoms with E-state index in [2.05, 4.69) is 21.3 Å². The molecule has 2 aromatic heterocycles. The number of nitrogens with zero attached hydrogens (tertiary/aromatic N) is 2. The van der Waals surface area contributed by atoms with Crippen molar-refractivity contribution in [2.45, 2.75) is 12.7 Å². The smallest absolute Gasteiger partial charge is 0.351 e. The Balaban J connectivity index is 1.87. The zero-order chi connectivity index (χ0) is 16.5. The van der Waals surface area contributed by atoms with E-state index in [0.29, 0.717) is 18.3 Å². The zero-order valence-electron chi connectivity index (χ0n) is 12.7. The highest BCUT2D eigenvalue weighted by atomic mass is 32.1. The first-order valence-electron chi connectivity index (χ1n) is 7.68. The standard InChI is InChI=1S/C17H13BN4OS/c19-10-18-7-6-12-13(16(18)23)14(21-11-4-2-1-3-5-11)15(22-12)17-20-8-9-24-17/h1-5,8-9,21-22H,6-7H2. The largest absolute Gasteiger partial charge is 0.354 e. The van der Waals surface area contributed by atoms with E-state index in [0.717, 1.165) is 27.8 Å². The summed E-state index contributed by atoms with van der Waals surface area (Å²) in [6.07, 6.45) is 2.99. The average Bonchev–Trinajstić information content (AvgIpc) is 3.24. The maximum absolute atomic E-state index is 12.7. The molecular formula is C17H13BN4OS. The van der Waals surface area contributed by atoms with Crippen LogP contribution in [0.3, 0.4) is 0 Å². The molecule has 116 valence electrons. The average molecular weight is 332 g/mol. The van der Waals surface area contributed by atoms with Gasteiger partial charge in [0.15, 0.2) is 0 Å². The fourth-order valence-electron chi connectivity index (χ4n) is 3.03. The summed E-state index contributed by atoms with van der Waals surface area (Å²) < 4.78 is 0. The Morgan fingerprint density at radius 2 is 2.17 bits per heavy atom. The number of para-hydroxylation sites is 1. The van der Waals surface area contributed by atoms with Gasteiger partial charge in [-0.15, -0.1) is 11.3 Å². The molecule has 0 atom stereocenters. The molecule has 0 aliphatic carbocycles. The van der Waals surface area contributed by atoms with Gasteiger partial charge >= 0.3 is 6.71 Å². The summed E-state index contributed by atoms with van der Waals surface area (Å²) in [5, 5.41) is 15.3. The third-order valence-electron chi connectivity index (χ3n) is 4.17. The van der Waals surface area contributed by atoms with Crippen LogP contribution in [0.4, 0.5) is 11.4 Å². The number of anilines is 2. The second-order valence-electron chi connectivity index (χ2n) is 5.64. The molecule has 0 amide bonds. The van der Waals surface area contributed by atoms with Crippen molar-refractivity contribution in [3.8, 4) is 16.7 Å². The van der Waals surface area contributed by atoms with Gasteiger partial charge < -0.3 is 15.1 Å². The summed E-state index contributed by atoms with van der Waals surface area (Å²) in [6.45, 7) is -0.575. The van der Waals surface area contributed by atoms with Crippen molar-refractivity contribution in [1.29, 1.82) is 5.26 Å². The Morgan fingerprint density at radius 3 is 2.88 bits per heavy atom. The minimum Gasteiger partial charge on any atom is -0.354 e. The molecule has 1 aromatic carbocycles. The number of hydrogen-bond acceptors (Lipinski definition) is 5. The normalized spacial score (nSPS) is 13.5. The van der Waals surface area contributed by atoms with E-state index < -0.39 is 6.71 Å². The minimum atomic E-state index is -0.575. The highest BCUT2D eigenvalue weighted by Gasteiger charge is 2.36. The Bertz CT molecular complexity index is 928. The van der Waals surface area contributed by atoms with Gasteiger partial charge in [0.2, 0.25) is 0 Å².